The summed E-state index contributed by atoms with van der Waals surface area (Å²) < 4.78 is 39.9. The maximum Gasteiger partial charge on any atom is 0.435 e. The number of amides is 2. The normalized spacial score (nSPS) is 25.2. The van der Waals surface area contributed by atoms with Gasteiger partial charge in [0.25, 0.3) is 0 Å². The first-order chi connectivity index (χ1) is 16.7. The molecule has 2 aromatic rings. The number of aromatic nitrogens is 5. The zero-order chi connectivity index (χ0) is 24.0. The zero-order valence-corrected chi connectivity index (χ0v) is 19.3. The fourth-order valence-corrected chi connectivity index (χ4v) is 6.41. The monoisotopic (exact) mass is 488 g/mol. The summed E-state index contributed by atoms with van der Waals surface area (Å²) in [6.07, 6.45) is 1.95. The largest absolute Gasteiger partial charge is 0.435 e. The summed E-state index contributed by atoms with van der Waals surface area (Å²) in [4.78, 5) is 23.4. The molecule has 5 aliphatic rings. The number of carbonyl (C=O) groups excluding carboxylic acids is 1. The molecule has 5 fully saturated rings. The molecular formula is C23H27F3N8O. The molecule has 3 saturated heterocycles. The highest BCUT2D eigenvalue weighted by Gasteiger charge is 2.58. The maximum absolute atomic E-state index is 12.9. The van der Waals surface area contributed by atoms with Gasteiger partial charge in [-0.2, -0.15) is 23.4 Å². The fourth-order valence-electron chi connectivity index (χ4n) is 6.41. The lowest BCUT2D eigenvalue weighted by molar-refractivity contribution is -0.141. The summed E-state index contributed by atoms with van der Waals surface area (Å²) in [5.74, 6) is 1.56. The van der Waals surface area contributed by atoms with E-state index < -0.39 is 11.9 Å². The van der Waals surface area contributed by atoms with Crippen LogP contribution in [0.4, 0.5) is 18.0 Å². The standard InChI is InChI=1S/C23H27F3N8O/c24-23(25,26)18-4-3-16(28-29-18)7-31-8-22(9-31)12-33(13-22)20(35)32-10-21(11-32)5-17(6-21)34-14-27-19(30-34)15-1-2-15/h3-4,14-15,17H,1-2,5-13H2. The van der Waals surface area contributed by atoms with Gasteiger partial charge < -0.3 is 9.80 Å². The summed E-state index contributed by atoms with van der Waals surface area (Å²) in [7, 11) is 0. The van der Waals surface area contributed by atoms with Gasteiger partial charge in [0.1, 0.15) is 6.33 Å². The predicted molar refractivity (Wildman–Crippen MR) is 116 cm³/mol. The van der Waals surface area contributed by atoms with E-state index in [9.17, 15) is 18.0 Å². The van der Waals surface area contributed by atoms with Crippen LogP contribution in [0.1, 0.15) is 54.9 Å². The molecular weight excluding hydrogens is 461 g/mol. The van der Waals surface area contributed by atoms with Crippen LogP contribution in [-0.4, -0.2) is 85.0 Å². The lowest BCUT2D eigenvalue weighted by atomic mass is 9.60. The summed E-state index contributed by atoms with van der Waals surface area (Å²) in [5, 5.41) is 11.7. The Balaban J connectivity index is 0.840. The van der Waals surface area contributed by atoms with Crippen LogP contribution in [0.5, 0.6) is 0 Å². The Morgan fingerprint density at radius 1 is 0.971 bits per heavy atom. The van der Waals surface area contributed by atoms with Crippen LogP contribution in [0.3, 0.4) is 0 Å². The highest BCUT2D eigenvalue weighted by molar-refractivity contribution is 5.77. The van der Waals surface area contributed by atoms with Crippen molar-refractivity contribution in [2.75, 3.05) is 39.3 Å². The highest BCUT2D eigenvalue weighted by atomic mass is 19.4. The van der Waals surface area contributed by atoms with Crippen molar-refractivity contribution >= 4 is 6.03 Å². The number of carbonyl (C=O) groups is 1. The molecule has 0 atom stereocenters. The van der Waals surface area contributed by atoms with Gasteiger partial charge in [0.2, 0.25) is 0 Å². The van der Waals surface area contributed by atoms with Crippen molar-refractivity contribution in [1.29, 1.82) is 0 Å². The van der Waals surface area contributed by atoms with E-state index in [1.54, 1.807) is 0 Å². The van der Waals surface area contributed by atoms with E-state index in [0.717, 1.165) is 64.0 Å². The molecule has 0 N–H and O–H groups in total. The highest BCUT2D eigenvalue weighted by Crippen LogP contribution is 2.54. The molecule has 2 amide bonds. The van der Waals surface area contributed by atoms with Crippen LogP contribution in [0.25, 0.3) is 0 Å². The molecule has 2 aliphatic carbocycles. The number of urea groups is 1. The van der Waals surface area contributed by atoms with Gasteiger partial charge in [0.05, 0.1) is 11.7 Å². The minimum absolute atomic E-state index is 0.117. The molecule has 0 bridgehead atoms. The molecule has 0 aromatic carbocycles. The van der Waals surface area contributed by atoms with Gasteiger partial charge >= 0.3 is 12.2 Å². The van der Waals surface area contributed by atoms with Crippen LogP contribution in [0.15, 0.2) is 18.5 Å². The minimum Gasteiger partial charge on any atom is -0.323 e. The van der Waals surface area contributed by atoms with Crippen LogP contribution >= 0.6 is 0 Å². The number of hydrogen-bond donors (Lipinski definition) is 0. The summed E-state index contributed by atoms with van der Waals surface area (Å²) in [6, 6.07) is 2.91. The third-order valence-corrected chi connectivity index (χ3v) is 8.34. The second-order valence-corrected chi connectivity index (χ2v) is 11.5. The summed E-state index contributed by atoms with van der Waals surface area (Å²) >= 11 is 0. The molecule has 186 valence electrons. The van der Waals surface area contributed by atoms with Crippen LogP contribution in [0.2, 0.25) is 0 Å². The van der Waals surface area contributed by atoms with E-state index in [1.807, 2.05) is 20.8 Å². The average molecular weight is 489 g/mol. The van der Waals surface area contributed by atoms with E-state index >= 15 is 0 Å². The molecule has 35 heavy (non-hydrogen) atoms. The Bertz CT molecular complexity index is 1130. The molecule has 0 radical (unpaired) electrons. The van der Waals surface area contributed by atoms with E-state index in [0.29, 0.717) is 24.2 Å². The number of hydrogen-bond acceptors (Lipinski definition) is 6. The van der Waals surface area contributed by atoms with E-state index in [4.69, 9.17) is 0 Å². The van der Waals surface area contributed by atoms with Gasteiger partial charge in [0, 0.05) is 62.6 Å². The van der Waals surface area contributed by atoms with Gasteiger partial charge in [-0.05, 0) is 37.8 Å². The second kappa shape index (κ2) is 7.14. The van der Waals surface area contributed by atoms with Gasteiger partial charge in [-0.3, -0.25) is 4.90 Å². The first kappa shape index (κ1) is 21.5. The summed E-state index contributed by atoms with van der Waals surface area (Å²) in [6.45, 7) is 5.28. The molecule has 2 saturated carbocycles. The first-order valence-electron chi connectivity index (χ1n) is 12.3. The molecule has 2 aromatic heterocycles. The molecule has 2 spiro atoms. The van der Waals surface area contributed by atoms with Crippen LogP contribution < -0.4 is 0 Å². The third-order valence-electron chi connectivity index (χ3n) is 8.34. The SMILES string of the molecule is O=C(N1CC2(CC(n3cnc(C4CC4)n3)C2)C1)N1CC2(CN(Cc3ccc(C(F)(F)F)nn3)C2)C1. The Kier molecular flexibility index (Phi) is 4.39. The molecule has 5 heterocycles. The van der Waals surface area contributed by atoms with Gasteiger partial charge in [0.15, 0.2) is 11.5 Å². The zero-order valence-electron chi connectivity index (χ0n) is 19.3. The van der Waals surface area contributed by atoms with Crippen molar-refractivity contribution in [2.45, 2.75) is 50.4 Å². The lowest BCUT2D eigenvalue weighted by Gasteiger charge is -2.63. The number of likely N-dealkylation sites (tertiary alicyclic amines) is 3. The Hall–Kier alpha value is -2.76. The fraction of sp³-hybridized carbons (Fsp3) is 0.696. The Morgan fingerprint density at radius 2 is 1.66 bits per heavy atom. The van der Waals surface area contributed by atoms with E-state index in [2.05, 4.69) is 25.2 Å². The van der Waals surface area contributed by atoms with Crippen molar-refractivity contribution < 1.29 is 18.0 Å². The van der Waals surface area contributed by atoms with E-state index in [1.165, 1.54) is 18.9 Å². The Morgan fingerprint density at radius 3 is 2.26 bits per heavy atom. The molecule has 3 aliphatic heterocycles. The topological polar surface area (TPSA) is 83.3 Å². The number of alkyl halides is 3. The number of nitrogens with zero attached hydrogens (tertiary/aromatic N) is 8. The van der Waals surface area contributed by atoms with E-state index in [-0.39, 0.29) is 16.9 Å². The van der Waals surface area contributed by atoms with Crippen molar-refractivity contribution in [3.05, 3.63) is 35.7 Å². The molecule has 9 nitrogen and oxygen atoms in total. The quantitative estimate of drug-likeness (QED) is 0.658. The summed E-state index contributed by atoms with van der Waals surface area (Å²) in [5.41, 5.74) is -0.0732. The van der Waals surface area contributed by atoms with Gasteiger partial charge in [-0.15, -0.1) is 5.10 Å². The lowest BCUT2D eigenvalue weighted by Crippen LogP contribution is -2.75. The van der Waals surface area contributed by atoms with Crippen molar-refractivity contribution in [3.63, 3.8) is 0 Å². The van der Waals surface area contributed by atoms with Gasteiger partial charge in [-0.25, -0.2) is 14.5 Å². The van der Waals surface area contributed by atoms with Crippen molar-refractivity contribution in [2.24, 2.45) is 10.8 Å². The maximum atomic E-state index is 12.9. The van der Waals surface area contributed by atoms with Crippen LogP contribution in [0, 0.1) is 10.8 Å². The number of halogens is 3. The molecule has 7 rings (SSSR count). The van der Waals surface area contributed by atoms with Crippen molar-refractivity contribution in [1.82, 2.24) is 39.7 Å². The van der Waals surface area contributed by atoms with Crippen molar-refractivity contribution in [3.8, 4) is 0 Å². The second-order valence-electron chi connectivity index (χ2n) is 11.5. The first-order valence-corrected chi connectivity index (χ1v) is 12.3. The molecule has 12 heteroatoms. The third kappa shape index (κ3) is 3.68. The molecule has 0 unspecified atom stereocenters. The Labute approximate surface area is 200 Å². The van der Waals surface area contributed by atoms with Crippen LogP contribution in [-0.2, 0) is 12.7 Å². The minimum atomic E-state index is -4.47. The smallest absolute Gasteiger partial charge is 0.323 e. The number of rotatable bonds is 4. The average Bonchev–Trinajstić information content (AvgIpc) is 3.44. The van der Waals surface area contributed by atoms with Gasteiger partial charge in [-0.1, -0.05) is 0 Å². The predicted octanol–water partition coefficient (Wildman–Crippen LogP) is 2.54.